The lowest BCUT2D eigenvalue weighted by molar-refractivity contribution is -0.367. The van der Waals surface area contributed by atoms with Gasteiger partial charge in [-0.3, -0.25) is 9.59 Å². The van der Waals surface area contributed by atoms with Crippen molar-refractivity contribution in [2.24, 2.45) is 0 Å². The van der Waals surface area contributed by atoms with Gasteiger partial charge in [0.2, 0.25) is 23.8 Å². The highest BCUT2D eigenvalue weighted by molar-refractivity contribution is 6.13. The minimum atomic E-state index is -1.64. The summed E-state index contributed by atoms with van der Waals surface area (Å²) in [5.74, 6) is -5.51. The highest BCUT2D eigenvalue weighted by atomic mass is 16.9. The number of hydrogen-bond acceptors (Lipinski definition) is 21. The highest BCUT2D eigenvalue weighted by Crippen LogP contribution is 2.74. The number of benzene rings is 4. The van der Waals surface area contributed by atoms with E-state index in [1.165, 1.54) is 0 Å². The molecule has 0 radical (unpaired) electrons. The lowest BCUT2D eigenvalue weighted by Gasteiger charge is -2.50. The van der Waals surface area contributed by atoms with Crippen LogP contribution in [0.3, 0.4) is 0 Å². The topological polar surface area (TPSA) is 241 Å². The van der Waals surface area contributed by atoms with Crippen molar-refractivity contribution in [2.45, 2.75) is 137 Å². The largest absolute Gasteiger partial charge is 0.506 e. The van der Waals surface area contributed by atoms with E-state index in [0.717, 1.165) is 11.1 Å². The minimum Gasteiger partial charge on any atom is -0.506 e. The summed E-state index contributed by atoms with van der Waals surface area (Å²) in [5.41, 5.74) is 1.98. The Kier molecular flexibility index (Phi) is 10.2. The van der Waals surface area contributed by atoms with Gasteiger partial charge in [-0.1, -0.05) is 0 Å². The van der Waals surface area contributed by atoms with Gasteiger partial charge >= 0.3 is 0 Å². The molecule has 408 valence electrons. The van der Waals surface area contributed by atoms with Gasteiger partial charge in [0.1, 0.15) is 46.7 Å². The van der Waals surface area contributed by atoms with Gasteiger partial charge < -0.3 is 91.3 Å². The fourth-order valence-electron chi connectivity index (χ4n) is 15.1. The molecular weight excluding hydrogens is 1010 g/mol. The summed E-state index contributed by atoms with van der Waals surface area (Å²) < 4.78 is 106. The molecule has 12 aliphatic rings. The molecule has 10 atom stereocenters. The van der Waals surface area contributed by atoms with Crippen LogP contribution in [-0.4, -0.2) is 161 Å². The molecule has 0 aromatic heterocycles. The van der Waals surface area contributed by atoms with E-state index in [0.29, 0.717) is 145 Å². The molecule has 10 heterocycles. The van der Waals surface area contributed by atoms with Crippen LogP contribution in [-0.2, 0) is 69.7 Å². The maximum atomic E-state index is 13.6. The monoisotopic (exact) mass is 1070 g/mol. The molecule has 77 heavy (non-hydrogen) atoms. The van der Waals surface area contributed by atoms with Crippen LogP contribution in [0.4, 0.5) is 0 Å². The van der Waals surface area contributed by atoms with Crippen LogP contribution in [0.25, 0.3) is 21.5 Å². The summed E-state index contributed by atoms with van der Waals surface area (Å²) in [4.78, 5) is 27.1. The first-order valence-electron chi connectivity index (χ1n) is 27.1. The standard InChI is InChI=1S/C56H59NO20/c1-25-21-29-37(39(60)35-27(41(29)62-3)9-5-11-31(35)58)43-33(25)45-47-53(72-43,51(23-70-51)55(74-45,76-47)49-64-15-7-16-65-49)68-19-13-57-14-20-69-54-48-46(75-56(77-48,52(54)24-71-52)50-66-17-8-18-67-50)34-26(2)22-30-38(44(34)73-54)40(61)36-28(42(30)63-4)10-6-12-32(36)59/h21-22,45-50,57,60-61H,5-20,23-24H2,1-4H3/t45?,46?,47?,48?,51-,52-,53+,54+,55?,56?/m0/s1. The highest BCUT2D eigenvalue weighted by Gasteiger charge is 2.95. The molecule has 4 aromatic carbocycles. The Hall–Kier alpha value is -4.98. The molecule has 21 heteroatoms. The molecule has 0 saturated carbocycles. The average Bonchev–Trinajstić information content (AvgIpc) is 2.42. The number of nitrogens with one attached hydrogen (secondary N) is 1. The average molecular weight is 1070 g/mol. The zero-order valence-corrected chi connectivity index (χ0v) is 43.1. The number of hydrogen-bond donors (Lipinski definition) is 3. The van der Waals surface area contributed by atoms with Crippen LogP contribution in [0.5, 0.6) is 34.5 Å². The number of epoxide rings is 2. The van der Waals surface area contributed by atoms with Crippen LogP contribution in [0.2, 0.25) is 0 Å². The van der Waals surface area contributed by atoms with Gasteiger partial charge in [-0.25, -0.2) is 0 Å². The zero-order valence-electron chi connectivity index (χ0n) is 43.1. The van der Waals surface area contributed by atoms with E-state index < -0.39 is 71.3 Å². The molecular formula is C56H59NO20. The van der Waals surface area contributed by atoms with Crippen molar-refractivity contribution in [1.29, 1.82) is 0 Å². The number of carbonyl (C=O) groups excluding carboxylic acids is 2. The van der Waals surface area contributed by atoms with Crippen molar-refractivity contribution in [2.75, 3.05) is 80.2 Å². The van der Waals surface area contributed by atoms with Gasteiger partial charge in [0.05, 0.1) is 89.0 Å². The van der Waals surface area contributed by atoms with E-state index in [1.54, 1.807) is 14.2 Å². The Morgan fingerprint density at radius 2 is 1.01 bits per heavy atom. The summed E-state index contributed by atoms with van der Waals surface area (Å²) >= 11 is 0. The number of ether oxygens (including phenoxy) is 16. The second kappa shape index (κ2) is 16.3. The first kappa shape index (κ1) is 48.0. The molecule has 8 fully saturated rings. The lowest BCUT2D eigenvalue weighted by Crippen LogP contribution is -2.71. The quantitative estimate of drug-likeness (QED) is 0.125. The smallest absolute Gasteiger partial charge is 0.277 e. The molecule has 21 nitrogen and oxygen atoms in total. The molecule has 6 unspecified atom stereocenters. The van der Waals surface area contributed by atoms with Gasteiger partial charge in [0, 0.05) is 59.0 Å². The maximum absolute atomic E-state index is 13.6. The molecule has 2 aliphatic carbocycles. The Labute approximate surface area is 440 Å². The number of aromatic hydroxyl groups is 2. The van der Waals surface area contributed by atoms with Crippen molar-refractivity contribution >= 4 is 33.1 Å². The van der Waals surface area contributed by atoms with Crippen molar-refractivity contribution in [1.82, 2.24) is 5.32 Å². The van der Waals surface area contributed by atoms with Crippen molar-refractivity contribution < 1.29 is 95.6 Å². The first-order valence-corrected chi connectivity index (χ1v) is 27.1. The molecule has 10 aliphatic heterocycles. The van der Waals surface area contributed by atoms with Crippen LogP contribution >= 0.6 is 0 Å². The van der Waals surface area contributed by atoms with Crippen LogP contribution < -0.4 is 24.3 Å². The molecule has 4 aromatic rings. The van der Waals surface area contributed by atoms with E-state index in [2.05, 4.69) is 5.32 Å². The van der Waals surface area contributed by atoms with Gasteiger partial charge in [0.15, 0.2) is 23.8 Å². The Balaban J connectivity index is 0.718. The minimum absolute atomic E-state index is 0.0705. The number of ketones is 2. The van der Waals surface area contributed by atoms with Gasteiger partial charge in [-0.05, 0) is 75.6 Å². The van der Waals surface area contributed by atoms with Crippen molar-refractivity contribution in [3.63, 3.8) is 0 Å². The fourth-order valence-corrected chi connectivity index (χ4v) is 15.1. The maximum Gasteiger partial charge on any atom is 0.277 e. The zero-order chi connectivity index (χ0) is 52.2. The van der Waals surface area contributed by atoms with Crippen LogP contribution in [0.15, 0.2) is 12.1 Å². The molecule has 0 amide bonds. The predicted octanol–water partition coefficient (Wildman–Crippen LogP) is 4.97. The van der Waals surface area contributed by atoms with Crippen LogP contribution in [0.1, 0.15) is 105 Å². The van der Waals surface area contributed by atoms with E-state index in [-0.39, 0.29) is 73.7 Å². The third-order valence-electron chi connectivity index (χ3n) is 18.4. The van der Waals surface area contributed by atoms with Crippen LogP contribution in [0, 0.1) is 13.8 Å². The van der Waals surface area contributed by atoms with E-state index in [1.807, 2.05) is 26.0 Å². The predicted molar refractivity (Wildman–Crippen MR) is 261 cm³/mol. The summed E-state index contributed by atoms with van der Waals surface area (Å²) in [7, 11) is 3.14. The molecule has 2 spiro atoms. The number of methoxy groups -OCH3 is 2. The van der Waals surface area contributed by atoms with Gasteiger partial charge in [-0.15, -0.1) is 0 Å². The SMILES string of the molecule is COc1c2c(c(O)c3c4c(c(C)cc13)C1OC3(C5OCCCO5)OC1[C@@](OCCNCCO[C@@]15Oc6c(c(C)cc7c(OC)c8c(c(O)c67)C(=O)CCC8)C6OC(C7OCCCO7)(OC61)[C@]51CO1)(O4)[C@@]31CO1)C(=O)CCC2. The number of Topliss-reactive ketones (excluding diaryl/α,β-unsaturated/α-hetero) is 2. The Morgan fingerprint density at radius 1 is 0.597 bits per heavy atom. The van der Waals surface area contributed by atoms with E-state index in [9.17, 15) is 19.8 Å². The Bertz CT molecular complexity index is 3060. The Morgan fingerprint density at radius 3 is 1.40 bits per heavy atom. The summed E-state index contributed by atoms with van der Waals surface area (Å²) in [6, 6.07) is 3.88. The van der Waals surface area contributed by atoms with Gasteiger partial charge in [-0.2, -0.15) is 0 Å². The second-order valence-corrected chi connectivity index (χ2v) is 22.3. The number of fused-ring (bicyclic) bond motifs is 16. The fraction of sp³-hybridized carbons (Fsp3) is 0.607. The first-order chi connectivity index (χ1) is 37.4. The molecule has 16 rings (SSSR count). The van der Waals surface area contributed by atoms with Gasteiger partial charge in [0.25, 0.3) is 23.1 Å². The van der Waals surface area contributed by atoms with E-state index in [4.69, 9.17) is 75.8 Å². The molecule has 3 N–H and O–H groups in total. The summed E-state index contributed by atoms with van der Waals surface area (Å²) in [6.07, 6.45) is -0.786. The van der Waals surface area contributed by atoms with E-state index >= 15 is 0 Å². The number of rotatable bonds is 12. The summed E-state index contributed by atoms with van der Waals surface area (Å²) in [6.45, 7) is 6.53. The van der Waals surface area contributed by atoms with Crippen molar-refractivity contribution in [3.8, 4) is 34.5 Å². The number of aryl methyl sites for hydroxylation is 2. The molecule has 4 bridgehead atoms. The second-order valence-electron chi connectivity index (χ2n) is 22.3. The number of carbonyl (C=O) groups is 2. The third kappa shape index (κ3) is 5.73. The third-order valence-corrected chi connectivity index (χ3v) is 18.4. The molecule has 8 saturated heterocycles. The number of phenolic OH excluding ortho intramolecular Hbond substituents is 2. The lowest BCUT2D eigenvalue weighted by atomic mass is 9.78. The van der Waals surface area contributed by atoms with Crippen molar-refractivity contribution in [3.05, 3.63) is 56.6 Å². The summed E-state index contributed by atoms with van der Waals surface area (Å²) in [5, 5.41) is 29.7. The number of phenols is 2. The normalized spacial score (nSPS) is 36.8.